The zero-order valence-corrected chi connectivity index (χ0v) is 71.5. The van der Waals surface area contributed by atoms with Crippen molar-refractivity contribution in [1.82, 2.24) is 45.4 Å². The summed E-state index contributed by atoms with van der Waals surface area (Å²) in [5.74, 6) is -13.5. The number of hydrogen-bond donors (Lipinski definition) is 4. The predicted molar refractivity (Wildman–Crippen MR) is 449 cm³/mol. The number of aromatic nitrogens is 9. The molecule has 7 aliphatic carbocycles. The SMILES string of the molecule is C=C1CCc2cc(F)c(F)cc21.CCOC(=O)c1nnn(Cc2ccc(OC)cc2)c1OC1CCc2cc(F)c(F)cc2C1.COc1ccc(Cn2nnc(C(=O)O)c2OC2CCc3cc(F)c(F)cc3C2)cc1.O=C(O)c1[nH]nnc1OC1CCc2cc(F)c(F)cc2C1.O=C1CCc2cc(F)c(F)cc21.O=C1CCc2cc(F)c(F)cc2C1.OC1CCc2cc(F)c(F)cc2C1. The Morgan fingerprint density at radius 2 is 0.774 bits per heavy atom. The van der Waals surface area contributed by atoms with Crippen LogP contribution in [-0.2, 0) is 99.7 Å². The molecule has 0 saturated heterocycles. The lowest BCUT2D eigenvalue weighted by Gasteiger charge is -2.26. The van der Waals surface area contributed by atoms with Crippen LogP contribution in [0.25, 0.3) is 5.57 Å². The van der Waals surface area contributed by atoms with Crippen LogP contribution in [0.1, 0.15) is 177 Å². The van der Waals surface area contributed by atoms with Gasteiger partial charge in [0.2, 0.25) is 28.8 Å². The van der Waals surface area contributed by atoms with Crippen molar-refractivity contribution in [2.45, 2.75) is 166 Å². The number of allylic oxidation sites excluding steroid dienone is 1. The van der Waals surface area contributed by atoms with Crippen LogP contribution in [0.4, 0.5) is 61.5 Å². The Kier molecular flexibility index (Phi) is 31.4. The first-order valence-electron chi connectivity index (χ1n) is 42.0. The molecule has 3 heterocycles. The molecule has 696 valence electrons. The van der Waals surface area contributed by atoms with Crippen LogP contribution in [0, 0.1) is 81.4 Å². The van der Waals surface area contributed by atoms with Crippen LogP contribution < -0.4 is 23.7 Å². The molecule has 4 unspecified atom stereocenters. The Morgan fingerprint density at radius 3 is 1.21 bits per heavy atom. The van der Waals surface area contributed by atoms with E-state index in [0.717, 1.165) is 104 Å². The van der Waals surface area contributed by atoms with Gasteiger partial charge in [-0.1, -0.05) is 51.6 Å². The van der Waals surface area contributed by atoms with Crippen LogP contribution in [0.5, 0.6) is 29.1 Å². The van der Waals surface area contributed by atoms with E-state index in [-0.39, 0.29) is 78.1 Å². The Bertz CT molecular complexity index is 6280. The number of ether oxygens (including phenoxy) is 6. The number of aliphatic hydroxyl groups is 1. The number of aromatic carboxylic acids is 2. The number of nitrogens with zero attached hydrogens (tertiary/aromatic N) is 8. The number of aliphatic hydroxyl groups excluding tert-OH is 1. The van der Waals surface area contributed by atoms with Gasteiger partial charge in [0, 0.05) is 44.1 Å². The summed E-state index contributed by atoms with van der Waals surface area (Å²) in [6, 6.07) is 31.2. The van der Waals surface area contributed by atoms with Gasteiger partial charge >= 0.3 is 17.9 Å². The number of methoxy groups -OCH3 is 2. The fourth-order valence-corrected chi connectivity index (χ4v) is 16.0. The van der Waals surface area contributed by atoms with Crippen molar-refractivity contribution in [1.29, 1.82) is 0 Å². The van der Waals surface area contributed by atoms with E-state index in [9.17, 15) is 95.7 Å². The maximum Gasteiger partial charge on any atom is 0.364 e. The normalized spacial score (nSPS) is 16.2. The standard InChI is InChI=1S/C23H23F2N3O4.C21H19F2N3O4.C13H11F2N3O3.C10H10F2O.C10H8F2O.C10H8F2.C9H6F2O/c1-3-31-23(29)21-22(28(27-26-21)13-14-4-7-17(30-2)8-5-14)32-18-9-6-15-11-19(24)20(25)12-16(15)10-18;1-29-15-5-2-12(3-6-15)11-26-20(19(21(27)28)24-25-26)30-16-7-4-13-9-17(22)18(23)10-14(13)8-16;14-9-4-6-1-2-8(3-7(6)5-10(9)15)21-12-11(13(19)20)16-18-17-12;2*11-9-4-6-1-2-8(13)3-7(6)5-10(9)12;1-6-2-3-7-4-9(11)10(12)5-8(6)7;10-7-3-5-1-2-9(12)6(5)4-8(7)11/h4-5,7-8,11-12,18H,3,6,9-10,13H2,1-2H3;2-3,5-6,9-10,16H,4,7-8,11H2,1H3,(H,27,28);4-5,8H,1-3H2,(H,19,20)(H,16,17,18);4-5,8,13H,1-3H2;4-5H,1-3H2;4-5H,1-3H2;3-4H,1-2H2. The summed E-state index contributed by atoms with van der Waals surface area (Å²) < 4.78 is 218. The number of esters is 1. The number of aryl methyl sites for hydroxylation is 7. The molecule has 0 aliphatic heterocycles. The van der Waals surface area contributed by atoms with Gasteiger partial charge in [-0.2, -0.15) is 0 Å². The lowest BCUT2D eigenvalue weighted by Crippen LogP contribution is -2.27. The number of rotatable bonds is 16. The van der Waals surface area contributed by atoms with Crippen molar-refractivity contribution < 1.29 is 129 Å². The number of aromatic amines is 1. The van der Waals surface area contributed by atoms with Gasteiger partial charge in [-0.05, 0) is 289 Å². The molecule has 4 atom stereocenters. The minimum atomic E-state index is -1.25. The summed E-state index contributed by atoms with van der Waals surface area (Å²) in [5.41, 5.74) is 11.9. The molecule has 0 saturated carbocycles. The number of carboxylic acid groups (broad SMARTS) is 2. The molecule has 9 aromatic carbocycles. The van der Waals surface area contributed by atoms with Crippen molar-refractivity contribution in [3.05, 3.63) is 328 Å². The summed E-state index contributed by atoms with van der Waals surface area (Å²) in [6.45, 7) is 6.23. The highest BCUT2D eigenvalue weighted by atomic mass is 19.2. The van der Waals surface area contributed by atoms with Crippen LogP contribution in [0.3, 0.4) is 0 Å². The number of Topliss-reactive ketones (excluding diaryl/α,β-unsaturated/α-hetero) is 2. The third-order valence-corrected chi connectivity index (χ3v) is 22.9. The molecular weight excluding hydrogens is 1770 g/mol. The van der Waals surface area contributed by atoms with Crippen molar-refractivity contribution in [2.24, 2.45) is 0 Å². The maximum atomic E-state index is 13.7. The number of fused-ring (bicyclic) bond motifs is 7. The zero-order valence-electron chi connectivity index (χ0n) is 71.5. The smallest absolute Gasteiger partial charge is 0.364 e. The van der Waals surface area contributed by atoms with Gasteiger partial charge in [0.05, 0.1) is 40.0 Å². The lowest BCUT2D eigenvalue weighted by atomic mass is 9.89. The second-order valence-corrected chi connectivity index (χ2v) is 31.9. The highest BCUT2D eigenvalue weighted by Gasteiger charge is 2.33. The lowest BCUT2D eigenvalue weighted by molar-refractivity contribution is -0.118. The van der Waals surface area contributed by atoms with Gasteiger partial charge in [-0.25, -0.2) is 90.3 Å². The third kappa shape index (κ3) is 24.2. The number of H-pyrrole nitrogens is 1. The Morgan fingerprint density at radius 1 is 0.414 bits per heavy atom. The average Bonchev–Trinajstić information content (AvgIpc) is 1.48. The fourth-order valence-electron chi connectivity index (χ4n) is 16.0. The number of nitrogens with one attached hydrogen (secondary N) is 1. The maximum absolute atomic E-state index is 13.7. The molecule has 3 aromatic heterocycles. The number of carbonyl (C=O) groups excluding carboxylic acids is 3. The van der Waals surface area contributed by atoms with E-state index in [2.05, 4.69) is 42.6 Å². The third-order valence-electron chi connectivity index (χ3n) is 22.9. The van der Waals surface area contributed by atoms with E-state index >= 15 is 0 Å². The fraction of sp³-hybridized carbons (Fsp3) is 0.302. The van der Waals surface area contributed by atoms with E-state index in [1.165, 1.54) is 70.0 Å². The molecule has 37 heteroatoms. The molecule has 0 fully saturated rings. The summed E-state index contributed by atoms with van der Waals surface area (Å²) >= 11 is 0. The van der Waals surface area contributed by atoms with Crippen molar-refractivity contribution in [3.63, 3.8) is 0 Å². The Labute approximate surface area is 750 Å². The number of benzene rings is 9. The van der Waals surface area contributed by atoms with E-state index < -0.39 is 112 Å². The van der Waals surface area contributed by atoms with Gasteiger partial charge < -0.3 is 43.7 Å². The minimum Gasteiger partial charge on any atom is -0.497 e. The molecule has 7 aliphatic rings. The molecule has 23 nitrogen and oxygen atoms in total. The summed E-state index contributed by atoms with van der Waals surface area (Å²) in [7, 11) is 3.16. The zero-order chi connectivity index (χ0) is 95.2. The first-order valence-corrected chi connectivity index (χ1v) is 42.0. The minimum absolute atomic E-state index is 0.0172. The topological polar surface area (TPSA) is 304 Å². The molecule has 0 bridgehead atoms. The predicted octanol–water partition coefficient (Wildman–Crippen LogP) is 17.5. The molecule has 0 spiro atoms. The molecular formula is C96H85F14N9O14. The highest BCUT2D eigenvalue weighted by molar-refractivity contribution is 6.00. The quantitative estimate of drug-likeness (QED) is 0.0516. The number of ketones is 2. The monoisotopic (exact) mass is 1850 g/mol. The number of carboxylic acids is 2. The molecule has 0 radical (unpaired) electrons. The molecule has 12 aromatic rings. The average molecular weight is 1850 g/mol. The molecule has 19 rings (SSSR count). The summed E-state index contributed by atoms with van der Waals surface area (Å²) in [6.07, 6.45) is 8.21. The first kappa shape index (κ1) is 96.4. The van der Waals surface area contributed by atoms with E-state index in [1.54, 1.807) is 33.3 Å². The van der Waals surface area contributed by atoms with Gasteiger partial charge in [0.15, 0.2) is 87.2 Å². The summed E-state index contributed by atoms with van der Waals surface area (Å²) in [4.78, 5) is 57.0. The van der Waals surface area contributed by atoms with Crippen molar-refractivity contribution in [2.75, 3.05) is 20.8 Å². The largest absolute Gasteiger partial charge is 0.497 e. The second-order valence-electron chi connectivity index (χ2n) is 31.9. The molecule has 133 heavy (non-hydrogen) atoms. The van der Waals surface area contributed by atoms with Crippen molar-refractivity contribution >= 4 is 35.0 Å². The van der Waals surface area contributed by atoms with Crippen LogP contribution in [0.15, 0.2) is 140 Å². The van der Waals surface area contributed by atoms with E-state index in [0.29, 0.717) is 148 Å². The number of hydrogen-bond acceptors (Lipinski definition) is 18. The van der Waals surface area contributed by atoms with Gasteiger partial charge in [-0.15, -0.1) is 10.2 Å². The van der Waals surface area contributed by atoms with E-state index in [4.69, 9.17) is 33.5 Å². The van der Waals surface area contributed by atoms with Gasteiger partial charge in [0.25, 0.3) is 5.88 Å². The highest BCUT2D eigenvalue weighted by Crippen LogP contribution is 2.36. The molecule has 0 amide bonds. The number of halogens is 14. The van der Waals surface area contributed by atoms with Gasteiger partial charge in [-0.3, -0.25) is 9.59 Å². The molecule has 4 N–H and O–H groups in total. The Balaban J connectivity index is 0.000000137. The Hall–Kier alpha value is -14.1. The number of carbonyl (C=O) groups is 5. The summed E-state index contributed by atoms with van der Waals surface area (Å²) in [5, 5.41) is 52.6. The van der Waals surface area contributed by atoms with Crippen LogP contribution in [-0.4, -0.2) is 135 Å². The first-order chi connectivity index (χ1) is 63.7. The van der Waals surface area contributed by atoms with Crippen LogP contribution in [0.2, 0.25) is 0 Å². The van der Waals surface area contributed by atoms with Gasteiger partial charge in [0.1, 0.15) is 35.6 Å². The second kappa shape index (κ2) is 43.3. The van der Waals surface area contributed by atoms with Crippen LogP contribution >= 0.6 is 0 Å². The van der Waals surface area contributed by atoms with E-state index in [1.807, 2.05) is 36.4 Å². The van der Waals surface area contributed by atoms with Crippen molar-refractivity contribution in [3.8, 4) is 29.1 Å².